The number of hydrogen-bond acceptors (Lipinski definition) is 3. The average Bonchev–Trinajstić information content (AvgIpc) is 3.17. The third-order valence-corrected chi connectivity index (χ3v) is 3.75. The van der Waals surface area contributed by atoms with Crippen LogP contribution < -0.4 is 5.32 Å². The number of allylic oxidation sites excluding steroid dienone is 1. The second kappa shape index (κ2) is 4.01. The summed E-state index contributed by atoms with van der Waals surface area (Å²) in [5.74, 6) is 1.40. The average molecular weight is 234 g/mol. The van der Waals surface area contributed by atoms with Gasteiger partial charge in [0.2, 0.25) is 5.91 Å². The molecule has 0 aromatic carbocycles. The van der Waals surface area contributed by atoms with Crippen molar-refractivity contribution in [2.24, 2.45) is 11.8 Å². The number of nitrogens with zero attached hydrogens (tertiary/aromatic N) is 1. The second-order valence-electron chi connectivity index (χ2n) is 4.52. The Morgan fingerprint density at radius 3 is 2.56 bits per heavy atom. The Bertz CT molecular complexity index is 402. The minimum absolute atomic E-state index is 0.0104. The summed E-state index contributed by atoms with van der Waals surface area (Å²) in [5.41, 5.74) is 1.38. The highest BCUT2D eigenvalue weighted by Gasteiger charge is 2.36. The van der Waals surface area contributed by atoms with E-state index in [-0.39, 0.29) is 5.91 Å². The fourth-order valence-corrected chi connectivity index (χ4v) is 2.51. The summed E-state index contributed by atoms with van der Waals surface area (Å²) in [6.07, 6.45) is 8.60. The molecular weight excluding hydrogens is 220 g/mol. The van der Waals surface area contributed by atoms with Crippen LogP contribution in [0.1, 0.15) is 25.7 Å². The first-order valence-corrected chi connectivity index (χ1v) is 6.63. The SMILES string of the molecule is O=C(C=C(C1CC1)C1CC1)Nc1nccs1. The standard InChI is InChI=1S/C12H14N2OS/c15-11(14-12-13-5-6-16-12)7-10(8-1-2-8)9-3-4-9/h5-9H,1-4H2,(H,13,14,15). The van der Waals surface area contributed by atoms with Gasteiger partial charge in [0.1, 0.15) is 0 Å². The van der Waals surface area contributed by atoms with Gasteiger partial charge in [-0.1, -0.05) is 5.57 Å². The van der Waals surface area contributed by atoms with E-state index in [2.05, 4.69) is 10.3 Å². The molecule has 1 aromatic heterocycles. The van der Waals surface area contributed by atoms with Gasteiger partial charge in [-0.25, -0.2) is 4.98 Å². The van der Waals surface area contributed by atoms with E-state index in [0.717, 1.165) is 0 Å². The highest BCUT2D eigenvalue weighted by molar-refractivity contribution is 7.13. The van der Waals surface area contributed by atoms with Gasteiger partial charge in [0.05, 0.1) is 0 Å². The first-order chi connectivity index (χ1) is 7.83. The van der Waals surface area contributed by atoms with E-state index in [9.17, 15) is 4.79 Å². The van der Waals surface area contributed by atoms with Crippen molar-refractivity contribution in [3.63, 3.8) is 0 Å². The maximum Gasteiger partial charge on any atom is 0.250 e. The molecule has 1 amide bonds. The van der Waals surface area contributed by atoms with Gasteiger partial charge < -0.3 is 0 Å². The van der Waals surface area contributed by atoms with Crippen LogP contribution in [-0.4, -0.2) is 10.9 Å². The van der Waals surface area contributed by atoms with Gasteiger partial charge in [0, 0.05) is 17.7 Å². The number of rotatable bonds is 4. The van der Waals surface area contributed by atoms with Crippen molar-refractivity contribution in [3.05, 3.63) is 23.2 Å². The molecule has 1 heterocycles. The zero-order chi connectivity index (χ0) is 11.0. The Morgan fingerprint density at radius 2 is 2.06 bits per heavy atom. The smallest absolute Gasteiger partial charge is 0.250 e. The Kier molecular flexibility index (Phi) is 2.52. The molecule has 0 aliphatic heterocycles. The van der Waals surface area contributed by atoms with Crippen molar-refractivity contribution < 1.29 is 4.79 Å². The molecule has 0 atom stereocenters. The number of aromatic nitrogens is 1. The van der Waals surface area contributed by atoms with Crippen LogP contribution in [0.5, 0.6) is 0 Å². The lowest BCUT2D eigenvalue weighted by Crippen LogP contribution is -2.09. The van der Waals surface area contributed by atoms with E-state index < -0.39 is 0 Å². The molecule has 0 saturated heterocycles. The van der Waals surface area contributed by atoms with Crippen LogP contribution in [-0.2, 0) is 4.79 Å². The number of anilines is 1. The number of carbonyl (C=O) groups excluding carboxylic acids is 1. The third-order valence-electron chi connectivity index (χ3n) is 3.06. The molecule has 1 aromatic rings. The van der Waals surface area contributed by atoms with E-state index in [1.54, 1.807) is 6.20 Å². The molecule has 0 bridgehead atoms. The molecule has 3 nitrogen and oxygen atoms in total. The van der Waals surface area contributed by atoms with Gasteiger partial charge >= 0.3 is 0 Å². The maximum atomic E-state index is 11.8. The van der Waals surface area contributed by atoms with Gasteiger partial charge in [0.15, 0.2) is 5.13 Å². The predicted molar refractivity (Wildman–Crippen MR) is 64.3 cm³/mol. The lowest BCUT2D eigenvalue weighted by Gasteiger charge is -2.03. The summed E-state index contributed by atoms with van der Waals surface area (Å²) in [6.45, 7) is 0. The van der Waals surface area contributed by atoms with Crippen molar-refractivity contribution in [1.29, 1.82) is 0 Å². The van der Waals surface area contributed by atoms with Crippen molar-refractivity contribution in [1.82, 2.24) is 4.98 Å². The Labute approximate surface area is 98.6 Å². The highest BCUT2D eigenvalue weighted by atomic mass is 32.1. The number of amides is 1. The summed E-state index contributed by atoms with van der Waals surface area (Å²) in [7, 11) is 0. The number of carbonyl (C=O) groups is 1. The molecule has 2 fully saturated rings. The highest BCUT2D eigenvalue weighted by Crippen LogP contribution is 2.48. The van der Waals surface area contributed by atoms with Crippen LogP contribution >= 0.6 is 11.3 Å². The minimum Gasteiger partial charge on any atom is -0.298 e. The Hall–Kier alpha value is -1.16. The van der Waals surface area contributed by atoms with Crippen molar-refractivity contribution in [2.75, 3.05) is 5.32 Å². The molecular formula is C12H14N2OS. The zero-order valence-electron chi connectivity index (χ0n) is 8.98. The Balaban J connectivity index is 1.67. The zero-order valence-corrected chi connectivity index (χ0v) is 9.80. The first kappa shape index (κ1) is 10.0. The van der Waals surface area contributed by atoms with Gasteiger partial charge in [0.25, 0.3) is 0 Å². The first-order valence-electron chi connectivity index (χ1n) is 5.75. The van der Waals surface area contributed by atoms with Gasteiger partial charge in [-0.3, -0.25) is 10.1 Å². The molecule has 16 heavy (non-hydrogen) atoms. The summed E-state index contributed by atoms with van der Waals surface area (Å²) in [4.78, 5) is 15.8. The van der Waals surface area contributed by atoms with E-state index >= 15 is 0 Å². The quantitative estimate of drug-likeness (QED) is 0.814. The Morgan fingerprint density at radius 1 is 1.38 bits per heavy atom. The molecule has 84 valence electrons. The molecule has 2 aliphatic rings. The fraction of sp³-hybridized carbons (Fsp3) is 0.500. The van der Waals surface area contributed by atoms with Crippen LogP contribution in [0.4, 0.5) is 5.13 Å². The topological polar surface area (TPSA) is 42.0 Å². The largest absolute Gasteiger partial charge is 0.298 e. The van der Waals surface area contributed by atoms with Gasteiger partial charge in [-0.15, -0.1) is 11.3 Å². The fourth-order valence-electron chi connectivity index (χ4n) is 1.98. The van der Waals surface area contributed by atoms with E-state index in [4.69, 9.17) is 0 Å². The summed E-state index contributed by atoms with van der Waals surface area (Å²) < 4.78 is 0. The van der Waals surface area contributed by atoms with Gasteiger partial charge in [-0.2, -0.15) is 0 Å². The summed E-state index contributed by atoms with van der Waals surface area (Å²) >= 11 is 1.45. The van der Waals surface area contributed by atoms with Crippen LogP contribution in [0.15, 0.2) is 23.2 Å². The normalized spacial score (nSPS) is 19.2. The third kappa shape index (κ3) is 2.32. The van der Waals surface area contributed by atoms with Crippen molar-refractivity contribution >= 4 is 22.4 Å². The van der Waals surface area contributed by atoms with Crippen molar-refractivity contribution in [3.8, 4) is 0 Å². The molecule has 3 rings (SSSR count). The van der Waals surface area contributed by atoms with Crippen LogP contribution in [0.2, 0.25) is 0 Å². The van der Waals surface area contributed by atoms with E-state index in [0.29, 0.717) is 17.0 Å². The van der Waals surface area contributed by atoms with E-state index in [1.165, 1.54) is 42.6 Å². The molecule has 0 unspecified atom stereocenters. The summed E-state index contributed by atoms with van der Waals surface area (Å²) in [6, 6.07) is 0. The van der Waals surface area contributed by atoms with Crippen LogP contribution in [0.25, 0.3) is 0 Å². The number of thiazole rings is 1. The maximum absolute atomic E-state index is 11.8. The number of hydrogen-bond donors (Lipinski definition) is 1. The lowest BCUT2D eigenvalue weighted by molar-refractivity contribution is -0.112. The van der Waals surface area contributed by atoms with Crippen LogP contribution in [0, 0.1) is 11.8 Å². The molecule has 4 heteroatoms. The molecule has 1 N–H and O–H groups in total. The van der Waals surface area contributed by atoms with Gasteiger partial charge in [-0.05, 0) is 37.5 Å². The van der Waals surface area contributed by atoms with E-state index in [1.807, 2.05) is 11.5 Å². The lowest BCUT2D eigenvalue weighted by atomic mass is 10.1. The molecule has 2 aliphatic carbocycles. The summed E-state index contributed by atoms with van der Waals surface area (Å²) in [5, 5.41) is 5.36. The molecule has 0 radical (unpaired) electrons. The second-order valence-corrected chi connectivity index (χ2v) is 5.41. The monoisotopic (exact) mass is 234 g/mol. The predicted octanol–water partition coefficient (Wildman–Crippen LogP) is 2.83. The minimum atomic E-state index is -0.0104. The molecule has 0 spiro atoms. The molecule has 2 saturated carbocycles. The number of nitrogens with one attached hydrogen (secondary N) is 1. The van der Waals surface area contributed by atoms with Crippen LogP contribution in [0.3, 0.4) is 0 Å². The van der Waals surface area contributed by atoms with Crippen molar-refractivity contribution in [2.45, 2.75) is 25.7 Å².